The lowest BCUT2D eigenvalue weighted by atomic mass is 9.99. The molecule has 1 aliphatic heterocycles. The van der Waals surface area contributed by atoms with E-state index >= 15 is 0 Å². The number of sulfonamides is 1. The van der Waals surface area contributed by atoms with Gasteiger partial charge in [0.1, 0.15) is 0 Å². The summed E-state index contributed by atoms with van der Waals surface area (Å²) in [5.74, 6) is -0.421. The second-order valence-electron chi connectivity index (χ2n) is 4.79. The number of carbonyl (C=O) groups is 1. The molecule has 1 amide bonds. The zero-order chi connectivity index (χ0) is 15.0. The molecule has 0 radical (unpaired) electrons. The van der Waals surface area contributed by atoms with Gasteiger partial charge in [-0.05, 0) is 19.8 Å². The fourth-order valence-corrected chi connectivity index (χ4v) is 3.59. The van der Waals surface area contributed by atoms with E-state index in [-0.39, 0.29) is 30.7 Å². The maximum absolute atomic E-state index is 12.1. The normalized spacial score (nSPS) is 20.8. The number of carbonyl (C=O) groups excluding carboxylic acids is 1. The first-order valence-electron chi connectivity index (χ1n) is 7.04. The van der Waals surface area contributed by atoms with Crippen LogP contribution < -0.4 is 11.1 Å². The predicted molar refractivity (Wildman–Crippen MR) is 76.6 cm³/mol. The summed E-state index contributed by atoms with van der Waals surface area (Å²) in [6, 6.07) is 0. The molecule has 1 aliphatic rings. The van der Waals surface area contributed by atoms with Gasteiger partial charge in [0.25, 0.3) is 0 Å². The standard InChI is InChI=1S/C12H25N3O4S/c1-2-19-8-9-20(17,18)15-7-3-4-11(10-15)12(16)14-6-5-13/h11H,2-10,13H2,1H3,(H,14,16). The quantitative estimate of drug-likeness (QED) is 0.568. The molecule has 118 valence electrons. The van der Waals surface area contributed by atoms with Gasteiger partial charge in [-0.3, -0.25) is 4.79 Å². The van der Waals surface area contributed by atoms with Crippen molar-refractivity contribution in [3.8, 4) is 0 Å². The SMILES string of the molecule is CCOCCS(=O)(=O)N1CCCC(C(=O)NCCN)C1. The van der Waals surface area contributed by atoms with Crippen LogP contribution in [0.2, 0.25) is 0 Å². The van der Waals surface area contributed by atoms with Gasteiger partial charge in [-0.25, -0.2) is 12.7 Å². The summed E-state index contributed by atoms with van der Waals surface area (Å²) in [4.78, 5) is 11.9. The Morgan fingerprint density at radius 1 is 1.50 bits per heavy atom. The molecule has 1 heterocycles. The van der Waals surface area contributed by atoms with Crippen LogP contribution in [0.15, 0.2) is 0 Å². The summed E-state index contributed by atoms with van der Waals surface area (Å²) in [5.41, 5.74) is 5.34. The molecule has 0 aliphatic carbocycles. The number of nitrogens with zero attached hydrogens (tertiary/aromatic N) is 1. The van der Waals surface area contributed by atoms with Crippen molar-refractivity contribution >= 4 is 15.9 Å². The lowest BCUT2D eigenvalue weighted by Gasteiger charge is -2.31. The number of amides is 1. The molecule has 0 saturated carbocycles. The van der Waals surface area contributed by atoms with Crippen molar-refractivity contribution < 1.29 is 17.9 Å². The third-order valence-electron chi connectivity index (χ3n) is 3.28. The molecule has 8 heteroatoms. The molecule has 3 N–H and O–H groups in total. The Bertz CT molecular complexity index is 400. The number of hydrogen-bond acceptors (Lipinski definition) is 5. The van der Waals surface area contributed by atoms with E-state index in [1.165, 1.54) is 4.31 Å². The highest BCUT2D eigenvalue weighted by molar-refractivity contribution is 7.89. The molecule has 20 heavy (non-hydrogen) atoms. The van der Waals surface area contributed by atoms with Gasteiger partial charge in [-0.1, -0.05) is 0 Å². The Morgan fingerprint density at radius 3 is 2.90 bits per heavy atom. The molecule has 1 atom stereocenters. The van der Waals surface area contributed by atoms with Crippen molar-refractivity contribution in [2.75, 3.05) is 45.1 Å². The Balaban J connectivity index is 2.53. The second-order valence-corrected chi connectivity index (χ2v) is 6.88. The van der Waals surface area contributed by atoms with E-state index in [1.54, 1.807) is 0 Å². The maximum Gasteiger partial charge on any atom is 0.224 e. The van der Waals surface area contributed by atoms with Crippen LogP contribution in [0.3, 0.4) is 0 Å². The molecule has 1 fully saturated rings. The maximum atomic E-state index is 12.1. The van der Waals surface area contributed by atoms with Crippen molar-refractivity contribution in [3.05, 3.63) is 0 Å². The number of rotatable bonds is 8. The molecular formula is C12H25N3O4S. The van der Waals surface area contributed by atoms with Gasteiger partial charge in [0.05, 0.1) is 18.3 Å². The van der Waals surface area contributed by atoms with Crippen molar-refractivity contribution in [1.82, 2.24) is 9.62 Å². The minimum Gasteiger partial charge on any atom is -0.381 e. The van der Waals surface area contributed by atoms with Gasteiger partial charge in [0.2, 0.25) is 15.9 Å². The number of nitrogens with one attached hydrogen (secondary N) is 1. The highest BCUT2D eigenvalue weighted by atomic mass is 32.2. The fraction of sp³-hybridized carbons (Fsp3) is 0.917. The monoisotopic (exact) mass is 307 g/mol. The second kappa shape index (κ2) is 8.56. The molecule has 0 spiro atoms. The van der Waals surface area contributed by atoms with E-state index in [4.69, 9.17) is 10.5 Å². The average Bonchev–Trinajstić information content (AvgIpc) is 2.45. The minimum absolute atomic E-state index is 0.0298. The molecule has 1 saturated heterocycles. The number of nitrogens with two attached hydrogens (primary N) is 1. The molecule has 0 aromatic carbocycles. The third-order valence-corrected chi connectivity index (χ3v) is 5.08. The zero-order valence-corrected chi connectivity index (χ0v) is 12.8. The van der Waals surface area contributed by atoms with Crippen LogP contribution in [0.1, 0.15) is 19.8 Å². The first-order chi connectivity index (χ1) is 9.51. The summed E-state index contributed by atoms with van der Waals surface area (Å²) in [7, 11) is -3.34. The third kappa shape index (κ3) is 5.35. The van der Waals surface area contributed by atoms with Crippen LogP contribution in [-0.2, 0) is 19.6 Å². The van der Waals surface area contributed by atoms with Crippen LogP contribution in [0.4, 0.5) is 0 Å². The summed E-state index contributed by atoms with van der Waals surface area (Å²) >= 11 is 0. The molecule has 0 bridgehead atoms. The highest BCUT2D eigenvalue weighted by Gasteiger charge is 2.31. The van der Waals surface area contributed by atoms with Gasteiger partial charge >= 0.3 is 0 Å². The minimum atomic E-state index is -3.34. The van der Waals surface area contributed by atoms with Gasteiger partial charge in [-0.2, -0.15) is 0 Å². The van der Waals surface area contributed by atoms with Gasteiger partial charge in [0.15, 0.2) is 0 Å². The van der Waals surface area contributed by atoms with Gasteiger partial charge < -0.3 is 15.8 Å². The largest absolute Gasteiger partial charge is 0.381 e. The van der Waals surface area contributed by atoms with Gasteiger partial charge in [0, 0.05) is 32.8 Å². The van der Waals surface area contributed by atoms with Crippen molar-refractivity contribution in [3.63, 3.8) is 0 Å². The smallest absolute Gasteiger partial charge is 0.224 e. The van der Waals surface area contributed by atoms with Crippen molar-refractivity contribution in [2.24, 2.45) is 11.7 Å². The van der Waals surface area contributed by atoms with E-state index in [0.29, 0.717) is 39.1 Å². The lowest BCUT2D eigenvalue weighted by molar-refractivity contribution is -0.126. The molecule has 0 aromatic rings. The number of hydrogen-bond donors (Lipinski definition) is 2. The van der Waals surface area contributed by atoms with Crippen LogP contribution in [0.25, 0.3) is 0 Å². The van der Waals surface area contributed by atoms with Gasteiger partial charge in [-0.15, -0.1) is 0 Å². The fourth-order valence-electron chi connectivity index (χ4n) is 2.19. The first kappa shape index (κ1) is 17.4. The van der Waals surface area contributed by atoms with Crippen LogP contribution in [0.5, 0.6) is 0 Å². The number of ether oxygens (including phenoxy) is 1. The van der Waals surface area contributed by atoms with E-state index in [0.717, 1.165) is 0 Å². The molecule has 1 unspecified atom stereocenters. The predicted octanol–water partition coefficient (Wildman–Crippen LogP) is -0.860. The molecule has 7 nitrogen and oxygen atoms in total. The average molecular weight is 307 g/mol. The summed E-state index contributed by atoms with van der Waals surface area (Å²) < 4.78 is 30.8. The Labute approximate surface area is 120 Å². The summed E-state index contributed by atoms with van der Waals surface area (Å²) in [6.45, 7) is 4.06. The van der Waals surface area contributed by atoms with Crippen LogP contribution >= 0.6 is 0 Å². The summed E-state index contributed by atoms with van der Waals surface area (Å²) in [5, 5.41) is 2.72. The van der Waals surface area contributed by atoms with E-state index in [9.17, 15) is 13.2 Å². The van der Waals surface area contributed by atoms with Crippen LogP contribution in [0, 0.1) is 5.92 Å². The van der Waals surface area contributed by atoms with E-state index in [1.807, 2.05) is 6.92 Å². The molecular weight excluding hydrogens is 282 g/mol. The Kier molecular flexibility index (Phi) is 7.42. The zero-order valence-electron chi connectivity index (χ0n) is 12.0. The van der Waals surface area contributed by atoms with Crippen LogP contribution in [-0.4, -0.2) is 63.8 Å². The topological polar surface area (TPSA) is 102 Å². The summed E-state index contributed by atoms with van der Waals surface area (Å²) in [6.07, 6.45) is 1.42. The van der Waals surface area contributed by atoms with Crippen molar-refractivity contribution in [1.29, 1.82) is 0 Å². The van der Waals surface area contributed by atoms with E-state index in [2.05, 4.69) is 5.32 Å². The number of piperidine rings is 1. The van der Waals surface area contributed by atoms with Crippen molar-refractivity contribution in [2.45, 2.75) is 19.8 Å². The highest BCUT2D eigenvalue weighted by Crippen LogP contribution is 2.19. The molecule has 1 rings (SSSR count). The Hall–Kier alpha value is -0.700. The molecule has 0 aromatic heterocycles. The first-order valence-corrected chi connectivity index (χ1v) is 8.65. The van der Waals surface area contributed by atoms with E-state index < -0.39 is 10.0 Å². The lowest BCUT2D eigenvalue weighted by Crippen LogP contribution is -2.47. The Morgan fingerprint density at radius 2 is 2.25 bits per heavy atom.